The molecule has 4 N–H and O–H groups in total. The molecule has 1 fully saturated rings. The highest BCUT2D eigenvalue weighted by atomic mass is 19.1. The molecule has 0 saturated carbocycles. The number of aryl methyl sites for hydroxylation is 1. The number of nitrogens with one attached hydrogen (secondary N) is 1. The first kappa shape index (κ1) is 30.3. The number of piperidine rings is 1. The summed E-state index contributed by atoms with van der Waals surface area (Å²) in [5.41, 5.74) is 6.53. The molecule has 2 unspecified atom stereocenters. The summed E-state index contributed by atoms with van der Waals surface area (Å²) in [6, 6.07) is 16.4. The van der Waals surface area contributed by atoms with Crippen LogP contribution in [0, 0.1) is 24.5 Å². The van der Waals surface area contributed by atoms with E-state index in [4.69, 9.17) is 5.73 Å². The fraction of sp³-hybridized carbons (Fsp3) is 0.394. The molecule has 1 heterocycles. The quantitative estimate of drug-likeness (QED) is 0.271. The van der Waals surface area contributed by atoms with Crippen LogP contribution in [0.25, 0.3) is 11.1 Å². The lowest BCUT2D eigenvalue weighted by Gasteiger charge is -2.43. The standard InChI is InChI=1S/C33H39F2N3O3/c1-22-11-16-28(34)26(19-22)31-27(8-5-9-29(31)35)33(41,17-4-3-10-30(36)39)25-7-6-18-38(21-25)32(40)24-14-12-23(13-15-24)20-37-2/h5,8-9,11-16,19,25,37,41H,3-4,6-7,10,17-18,20-21H2,1-2H3,(H2,36,39). The minimum Gasteiger partial charge on any atom is -0.385 e. The number of primary amides is 1. The van der Waals surface area contributed by atoms with E-state index in [-0.39, 0.29) is 42.0 Å². The highest BCUT2D eigenvalue weighted by molar-refractivity contribution is 5.94. The monoisotopic (exact) mass is 563 g/mol. The van der Waals surface area contributed by atoms with Crippen molar-refractivity contribution in [1.82, 2.24) is 10.2 Å². The van der Waals surface area contributed by atoms with Crippen molar-refractivity contribution in [3.05, 3.63) is 94.6 Å². The smallest absolute Gasteiger partial charge is 0.253 e. The maximum absolute atomic E-state index is 15.5. The van der Waals surface area contributed by atoms with Crippen LogP contribution in [0.3, 0.4) is 0 Å². The van der Waals surface area contributed by atoms with E-state index in [1.807, 2.05) is 19.2 Å². The molecule has 6 nitrogen and oxygen atoms in total. The van der Waals surface area contributed by atoms with Crippen molar-refractivity contribution in [1.29, 1.82) is 0 Å². The number of nitrogens with zero attached hydrogens (tertiary/aromatic N) is 1. The molecule has 1 saturated heterocycles. The van der Waals surface area contributed by atoms with Crippen LogP contribution < -0.4 is 11.1 Å². The molecule has 2 atom stereocenters. The number of benzene rings is 3. The van der Waals surface area contributed by atoms with Crippen LogP contribution in [0.4, 0.5) is 8.78 Å². The van der Waals surface area contributed by atoms with Gasteiger partial charge in [0.25, 0.3) is 5.91 Å². The summed E-state index contributed by atoms with van der Waals surface area (Å²) >= 11 is 0. The Balaban J connectivity index is 1.71. The summed E-state index contributed by atoms with van der Waals surface area (Å²) in [5, 5.41) is 15.6. The predicted molar refractivity (Wildman–Crippen MR) is 156 cm³/mol. The summed E-state index contributed by atoms with van der Waals surface area (Å²) in [5.74, 6) is -2.22. The maximum Gasteiger partial charge on any atom is 0.253 e. The van der Waals surface area contributed by atoms with Crippen LogP contribution in [-0.4, -0.2) is 42.0 Å². The Morgan fingerprint density at radius 2 is 1.83 bits per heavy atom. The lowest BCUT2D eigenvalue weighted by atomic mass is 9.71. The van der Waals surface area contributed by atoms with Gasteiger partial charge in [-0.05, 0) is 87.5 Å². The Kier molecular flexibility index (Phi) is 9.89. The fourth-order valence-corrected chi connectivity index (χ4v) is 5.95. The summed E-state index contributed by atoms with van der Waals surface area (Å²) in [7, 11) is 1.86. The van der Waals surface area contributed by atoms with Crippen molar-refractivity contribution in [2.75, 3.05) is 20.1 Å². The Morgan fingerprint density at radius 1 is 1.07 bits per heavy atom. The zero-order chi connectivity index (χ0) is 29.6. The van der Waals surface area contributed by atoms with E-state index >= 15 is 8.78 Å². The second-order valence-corrected chi connectivity index (χ2v) is 11.1. The van der Waals surface area contributed by atoms with E-state index in [0.717, 1.165) is 11.1 Å². The molecule has 0 bridgehead atoms. The lowest BCUT2D eigenvalue weighted by Crippen LogP contribution is -2.48. The van der Waals surface area contributed by atoms with Gasteiger partial charge in [-0.15, -0.1) is 0 Å². The van der Waals surface area contributed by atoms with Gasteiger partial charge in [0.2, 0.25) is 5.91 Å². The van der Waals surface area contributed by atoms with Crippen molar-refractivity contribution in [2.45, 2.75) is 57.6 Å². The first-order valence-electron chi connectivity index (χ1n) is 14.2. The van der Waals surface area contributed by atoms with Gasteiger partial charge in [-0.25, -0.2) is 8.78 Å². The van der Waals surface area contributed by atoms with Crippen LogP contribution in [0.5, 0.6) is 0 Å². The minimum absolute atomic E-state index is 0.0228. The number of unbranched alkanes of at least 4 members (excludes halogenated alkanes) is 1. The summed E-state index contributed by atoms with van der Waals surface area (Å²) in [6.45, 7) is 3.29. The molecule has 0 aliphatic carbocycles. The molecule has 0 radical (unpaired) electrons. The van der Waals surface area contributed by atoms with Gasteiger partial charge in [0, 0.05) is 48.7 Å². The van der Waals surface area contributed by atoms with Crippen LogP contribution in [0.2, 0.25) is 0 Å². The molecule has 4 rings (SSSR count). The average molecular weight is 564 g/mol. The largest absolute Gasteiger partial charge is 0.385 e. The van der Waals surface area contributed by atoms with Gasteiger partial charge in [0.15, 0.2) is 0 Å². The van der Waals surface area contributed by atoms with E-state index in [0.29, 0.717) is 44.3 Å². The van der Waals surface area contributed by atoms with Gasteiger partial charge in [0.05, 0.1) is 5.60 Å². The summed E-state index contributed by atoms with van der Waals surface area (Å²) in [6.07, 6.45) is 2.52. The molecule has 0 spiro atoms. The van der Waals surface area contributed by atoms with E-state index in [2.05, 4.69) is 5.32 Å². The average Bonchev–Trinajstić information content (AvgIpc) is 2.96. The number of likely N-dealkylation sites (tertiary alicyclic amines) is 1. The minimum atomic E-state index is -1.58. The predicted octanol–water partition coefficient (Wildman–Crippen LogP) is 5.45. The highest BCUT2D eigenvalue weighted by Gasteiger charge is 2.43. The van der Waals surface area contributed by atoms with E-state index in [1.165, 1.54) is 18.2 Å². The molecule has 0 aromatic heterocycles. The molecular weight excluding hydrogens is 524 g/mol. The Bertz CT molecular complexity index is 1380. The molecule has 3 aromatic carbocycles. The second-order valence-electron chi connectivity index (χ2n) is 11.1. The number of carbonyl (C=O) groups is 2. The maximum atomic E-state index is 15.5. The van der Waals surface area contributed by atoms with Gasteiger partial charge in [0.1, 0.15) is 11.6 Å². The van der Waals surface area contributed by atoms with Gasteiger partial charge < -0.3 is 21.1 Å². The normalized spacial score (nSPS) is 16.8. The molecule has 1 aliphatic rings. The molecule has 3 aromatic rings. The van der Waals surface area contributed by atoms with Crippen molar-refractivity contribution in [3.63, 3.8) is 0 Å². The van der Waals surface area contributed by atoms with Crippen molar-refractivity contribution < 1.29 is 23.5 Å². The summed E-state index contributed by atoms with van der Waals surface area (Å²) in [4.78, 5) is 26.6. The number of carbonyl (C=O) groups excluding carboxylic acids is 2. The van der Waals surface area contributed by atoms with Crippen molar-refractivity contribution in [2.24, 2.45) is 11.7 Å². The van der Waals surface area contributed by atoms with E-state index in [9.17, 15) is 14.7 Å². The van der Waals surface area contributed by atoms with Gasteiger partial charge in [-0.2, -0.15) is 0 Å². The number of hydrogen-bond acceptors (Lipinski definition) is 4. The number of amides is 2. The zero-order valence-electron chi connectivity index (χ0n) is 23.8. The number of rotatable bonds is 11. The molecular formula is C33H39F2N3O3. The Hall–Kier alpha value is -3.62. The third kappa shape index (κ3) is 7.00. The van der Waals surface area contributed by atoms with Crippen LogP contribution >= 0.6 is 0 Å². The molecule has 218 valence electrons. The van der Waals surface area contributed by atoms with Gasteiger partial charge in [-0.3, -0.25) is 9.59 Å². The highest BCUT2D eigenvalue weighted by Crippen LogP contribution is 2.45. The summed E-state index contributed by atoms with van der Waals surface area (Å²) < 4.78 is 30.7. The number of aliphatic hydroxyl groups is 1. The molecule has 8 heteroatoms. The van der Waals surface area contributed by atoms with Gasteiger partial charge in [-0.1, -0.05) is 35.9 Å². The second kappa shape index (κ2) is 13.4. The Morgan fingerprint density at radius 3 is 2.54 bits per heavy atom. The van der Waals surface area contributed by atoms with E-state index in [1.54, 1.807) is 42.2 Å². The molecule has 2 amide bonds. The third-order valence-corrected chi connectivity index (χ3v) is 8.07. The number of hydrogen-bond donors (Lipinski definition) is 3. The van der Waals surface area contributed by atoms with Crippen molar-refractivity contribution in [3.8, 4) is 11.1 Å². The number of nitrogens with two attached hydrogens (primary N) is 1. The molecule has 41 heavy (non-hydrogen) atoms. The molecule has 1 aliphatic heterocycles. The fourth-order valence-electron chi connectivity index (χ4n) is 5.95. The first-order valence-corrected chi connectivity index (χ1v) is 14.2. The van der Waals surface area contributed by atoms with Crippen molar-refractivity contribution >= 4 is 11.8 Å². The van der Waals surface area contributed by atoms with Crippen LogP contribution in [0.1, 0.15) is 65.6 Å². The van der Waals surface area contributed by atoms with E-state index < -0.39 is 29.1 Å². The zero-order valence-corrected chi connectivity index (χ0v) is 23.8. The van der Waals surface area contributed by atoms with Crippen LogP contribution in [-0.2, 0) is 16.9 Å². The lowest BCUT2D eigenvalue weighted by molar-refractivity contribution is -0.118. The Labute approximate surface area is 240 Å². The number of halogens is 2. The third-order valence-electron chi connectivity index (χ3n) is 8.07. The SMILES string of the molecule is CNCc1ccc(C(=O)N2CCCC(C(O)(CCCCC(N)=O)c3cccc(F)c3-c3cc(C)ccc3F)C2)cc1. The topological polar surface area (TPSA) is 95.7 Å². The first-order chi connectivity index (χ1) is 19.6. The van der Waals surface area contributed by atoms with Crippen LogP contribution in [0.15, 0.2) is 60.7 Å². The van der Waals surface area contributed by atoms with Gasteiger partial charge >= 0.3 is 0 Å².